The molecule has 0 amide bonds. The summed E-state index contributed by atoms with van der Waals surface area (Å²) in [4.78, 5) is 38.0. The van der Waals surface area contributed by atoms with Crippen molar-refractivity contribution in [2.75, 3.05) is 13.2 Å². The topological polar surface area (TPSA) is 78.9 Å². The van der Waals surface area contributed by atoms with Crippen molar-refractivity contribution in [1.82, 2.24) is 0 Å². The molecule has 0 aromatic heterocycles. The lowest BCUT2D eigenvalue weighted by Crippen LogP contribution is -2.30. The van der Waals surface area contributed by atoms with E-state index >= 15 is 0 Å². The maximum Gasteiger partial charge on any atom is 0.306 e. The van der Waals surface area contributed by atoms with Crippen molar-refractivity contribution >= 4 is 17.9 Å². The molecule has 0 aromatic carbocycles. The second-order valence-corrected chi connectivity index (χ2v) is 20.6. The van der Waals surface area contributed by atoms with Crippen molar-refractivity contribution in [1.29, 1.82) is 0 Å². The van der Waals surface area contributed by atoms with E-state index < -0.39 is 6.10 Å². The van der Waals surface area contributed by atoms with Crippen LogP contribution in [0.2, 0.25) is 0 Å². The third-order valence-corrected chi connectivity index (χ3v) is 13.6. The molecule has 0 aliphatic carbocycles. The van der Waals surface area contributed by atoms with Gasteiger partial charge in [0.2, 0.25) is 0 Å². The Kier molecular flexibility index (Phi) is 56.7. The molecule has 0 aliphatic heterocycles. The van der Waals surface area contributed by atoms with Crippen LogP contribution in [0.1, 0.15) is 323 Å². The molecule has 0 N–H and O–H groups in total. The Balaban J connectivity index is 4.04. The molecule has 0 saturated heterocycles. The van der Waals surface area contributed by atoms with Gasteiger partial charge in [0.25, 0.3) is 0 Å². The van der Waals surface area contributed by atoms with E-state index in [9.17, 15) is 14.4 Å². The van der Waals surface area contributed by atoms with Gasteiger partial charge >= 0.3 is 17.9 Å². The highest BCUT2D eigenvalue weighted by atomic mass is 16.6. The second kappa shape index (κ2) is 58.9. The molecule has 0 saturated carbocycles. The second-order valence-electron chi connectivity index (χ2n) is 20.6. The smallest absolute Gasteiger partial charge is 0.306 e. The average Bonchev–Trinajstić information content (AvgIpc) is 3.36. The molecule has 0 rings (SSSR count). The largest absolute Gasteiger partial charge is 0.462 e. The lowest BCUT2D eigenvalue weighted by molar-refractivity contribution is -0.167. The Morgan fingerprint density at radius 3 is 0.843 bits per heavy atom. The minimum absolute atomic E-state index is 0.0726. The molecule has 0 fully saturated rings. The van der Waals surface area contributed by atoms with Gasteiger partial charge < -0.3 is 14.2 Å². The first-order chi connectivity index (χ1) is 34.5. The lowest BCUT2D eigenvalue weighted by atomic mass is 10.0. The fourth-order valence-corrected chi connectivity index (χ4v) is 8.92. The minimum atomic E-state index is -0.772. The van der Waals surface area contributed by atoms with E-state index in [1.807, 2.05) is 0 Å². The molecule has 1 atom stereocenters. The number of rotatable bonds is 56. The van der Waals surface area contributed by atoms with Crippen molar-refractivity contribution < 1.29 is 28.6 Å². The zero-order valence-corrected chi connectivity index (χ0v) is 46.8. The van der Waals surface area contributed by atoms with Gasteiger partial charge in [-0.15, -0.1) is 0 Å². The van der Waals surface area contributed by atoms with Crippen molar-refractivity contribution in [3.63, 3.8) is 0 Å². The molecule has 0 bridgehead atoms. The van der Waals surface area contributed by atoms with Gasteiger partial charge in [-0.2, -0.15) is 0 Å². The number of carbonyl (C=O) groups excluding carboxylic acids is 3. The van der Waals surface area contributed by atoms with E-state index in [1.54, 1.807) is 0 Å². The Morgan fingerprint density at radius 2 is 0.514 bits per heavy atom. The van der Waals surface area contributed by atoms with E-state index in [2.05, 4.69) is 69.4 Å². The SMILES string of the molecule is CCCCC/C=C\CCCCCCCC(=O)OC(COC(=O)CCCCCCCCCCC)COC(=O)CCCCCCCCCCCCCCCCCC/C=C\C/C=C\C/C=C\CCCCCCC. The van der Waals surface area contributed by atoms with Crippen LogP contribution in [-0.4, -0.2) is 37.2 Å². The molecule has 70 heavy (non-hydrogen) atoms. The van der Waals surface area contributed by atoms with Crippen LogP contribution in [-0.2, 0) is 28.6 Å². The number of ether oxygens (including phenoxy) is 3. The van der Waals surface area contributed by atoms with Gasteiger partial charge in [-0.3, -0.25) is 14.4 Å². The normalized spacial score (nSPS) is 12.3. The van der Waals surface area contributed by atoms with Crippen LogP contribution >= 0.6 is 0 Å². The highest BCUT2D eigenvalue weighted by molar-refractivity contribution is 5.71. The predicted octanol–water partition coefficient (Wildman–Crippen LogP) is 20.6. The summed E-state index contributed by atoms with van der Waals surface area (Å²) in [6.45, 7) is 6.60. The van der Waals surface area contributed by atoms with E-state index in [1.165, 1.54) is 205 Å². The van der Waals surface area contributed by atoms with Crippen LogP contribution in [0.25, 0.3) is 0 Å². The highest BCUT2D eigenvalue weighted by Crippen LogP contribution is 2.17. The number of allylic oxidation sites excluding steroid dienone is 8. The van der Waals surface area contributed by atoms with Gasteiger partial charge in [0, 0.05) is 19.3 Å². The van der Waals surface area contributed by atoms with Crippen LogP contribution in [0.4, 0.5) is 0 Å². The summed E-state index contributed by atoms with van der Waals surface area (Å²) in [7, 11) is 0. The Hall–Kier alpha value is -2.63. The number of carbonyl (C=O) groups is 3. The molecule has 408 valence electrons. The maximum absolute atomic E-state index is 12.8. The predicted molar refractivity (Wildman–Crippen MR) is 302 cm³/mol. The average molecular weight is 982 g/mol. The quantitative estimate of drug-likeness (QED) is 0.0261. The Labute approximate surface area is 435 Å². The Morgan fingerprint density at radius 1 is 0.286 bits per heavy atom. The molecular weight excluding hydrogens is 865 g/mol. The van der Waals surface area contributed by atoms with Gasteiger partial charge in [-0.05, 0) is 83.5 Å². The van der Waals surface area contributed by atoms with E-state index in [0.29, 0.717) is 19.3 Å². The molecule has 0 aromatic rings. The maximum atomic E-state index is 12.8. The number of unbranched alkanes of at least 4 members (excludes halogenated alkanes) is 37. The van der Waals surface area contributed by atoms with Crippen LogP contribution in [0.15, 0.2) is 48.6 Å². The van der Waals surface area contributed by atoms with E-state index in [-0.39, 0.29) is 31.1 Å². The van der Waals surface area contributed by atoms with Crippen LogP contribution in [0.5, 0.6) is 0 Å². The minimum Gasteiger partial charge on any atom is -0.462 e. The van der Waals surface area contributed by atoms with E-state index in [4.69, 9.17) is 14.2 Å². The first kappa shape index (κ1) is 67.4. The standard InChI is InChI=1S/C64H116O6/c1-4-7-10-13-16-19-21-23-24-25-26-27-28-29-30-31-32-33-34-35-36-37-38-39-40-41-43-45-48-51-54-57-63(66)69-60-61(59-68-62(65)56-53-50-47-44-18-15-12-9-6-3)70-64(67)58-55-52-49-46-42-22-20-17-14-11-8-5-2/h17,20-21,23,25-26,28-29,61H,4-16,18-19,22,24,27,30-60H2,1-3H3/b20-17-,23-21-,26-25-,29-28-. The Bertz CT molecular complexity index is 1220. The van der Waals surface area contributed by atoms with Gasteiger partial charge in [0.15, 0.2) is 6.10 Å². The first-order valence-electron chi connectivity index (χ1n) is 30.6. The van der Waals surface area contributed by atoms with Crippen molar-refractivity contribution in [3.8, 4) is 0 Å². The van der Waals surface area contributed by atoms with Gasteiger partial charge in [-0.1, -0.05) is 268 Å². The summed E-state index contributed by atoms with van der Waals surface area (Å²) in [5.74, 6) is -0.871. The number of hydrogen-bond acceptors (Lipinski definition) is 6. The molecular formula is C64H116O6. The molecule has 6 heteroatoms. The van der Waals surface area contributed by atoms with E-state index in [0.717, 1.165) is 77.0 Å². The molecule has 0 aliphatic rings. The summed E-state index contributed by atoms with van der Waals surface area (Å²) >= 11 is 0. The molecule has 1 unspecified atom stereocenters. The van der Waals surface area contributed by atoms with Gasteiger partial charge in [-0.25, -0.2) is 0 Å². The fourth-order valence-electron chi connectivity index (χ4n) is 8.92. The van der Waals surface area contributed by atoms with Gasteiger partial charge in [0.05, 0.1) is 0 Å². The zero-order chi connectivity index (χ0) is 50.7. The molecule has 0 spiro atoms. The summed E-state index contributed by atoms with van der Waals surface area (Å²) in [5.41, 5.74) is 0. The summed E-state index contributed by atoms with van der Waals surface area (Å²) < 4.78 is 16.8. The van der Waals surface area contributed by atoms with Crippen LogP contribution in [0, 0.1) is 0 Å². The monoisotopic (exact) mass is 981 g/mol. The van der Waals surface area contributed by atoms with Crippen molar-refractivity contribution in [3.05, 3.63) is 48.6 Å². The molecule has 0 radical (unpaired) electrons. The summed E-state index contributed by atoms with van der Waals surface area (Å²) in [6, 6.07) is 0. The van der Waals surface area contributed by atoms with Crippen LogP contribution in [0.3, 0.4) is 0 Å². The highest BCUT2D eigenvalue weighted by Gasteiger charge is 2.19. The number of hydrogen-bond donors (Lipinski definition) is 0. The van der Waals surface area contributed by atoms with Crippen molar-refractivity contribution in [2.45, 2.75) is 329 Å². The summed E-state index contributed by atoms with van der Waals surface area (Å²) in [6.07, 6.45) is 72.8. The zero-order valence-electron chi connectivity index (χ0n) is 46.8. The third-order valence-electron chi connectivity index (χ3n) is 13.6. The summed E-state index contributed by atoms with van der Waals surface area (Å²) in [5, 5.41) is 0. The van der Waals surface area contributed by atoms with Crippen molar-refractivity contribution in [2.24, 2.45) is 0 Å². The number of esters is 3. The fraction of sp³-hybridized carbons (Fsp3) is 0.828. The molecule has 6 nitrogen and oxygen atoms in total. The third kappa shape index (κ3) is 56.3. The lowest BCUT2D eigenvalue weighted by Gasteiger charge is -2.18. The molecule has 0 heterocycles. The van der Waals surface area contributed by atoms with Gasteiger partial charge in [0.1, 0.15) is 13.2 Å². The first-order valence-corrected chi connectivity index (χ1v) is 30.6. The van der Waals surface area contributed by atoms with Crippen LogP contribution < -0.4 is 0 Å².